The molecule has 0 aliphatic carbocycles. The Labute approximate surface area is 254 Å². The Morgan fingerprint density at radius 2 is 1.61 bits per heavy atom. The molecule has 1 aliphatic rings. The molecule has 3 heterocycles. The van der Waals surface area contributed by atoms with Crippen LogP contribution in [0.2, 0.25) is 0 Å². The van der Waals surface area contributed by atoms with Crippen molar-refractivity contribution in [1.82, 2.24) is 14.5 Å². The number of benzene rings is 4. The average molecular weight is 715 g/mol. The molecule has 1 aliphatic heterocycles. The van der Waals surface area contributed by atoms with Gasteiger partial charge in [0.2, 0.25) is 0 Å². The van der Waals surface area contributed by atoms with Gasteiger partial charge in [-0.1, -0.05) is 81.1 Å². The Morgan fingerprint density at radius 1 is 0.805 bits per heavy atom. The predicted molar refractivity (Wildman–Crippen MR) is 160 cm³/mol. The van der Waals surface area contributed by atoms with Crippen LogP contribution in [0.15, 0.2) is 103 Å². The van der Waals surface area contributed by atoms with Crippen LogP contribution in [0.5, 0.6) is 11.5 Å². The second kappa shape index (κ2) is 10.6. The first kappa shape index (κ1) is 26.9. The van der Waals surface area contributed by atoms with Crippen molar-refractivity contribution >= 4 is 22.4 Å². The molecule has 4 aromatic carbocycles. The molecule has 0 atom stereocenters. The summed E-state index contributed by atoms with van der Waals surface area (Å²) in [5.41, 5.74) is 7.78. The second-order valence-electron chi connectivity index (χ2n) is 10.9. The van der Waals surface area contributed by atoms with Crippen molar-refractivity contribution in [3.05, 3.63) is 128 Å². The van der Waals surface area contributed by atoms with Gasteiger partial charge >= 0.3 is 0 Å². The molecule has 206 valence electrons. The topological polar surface area (TPSA) is 43.2 Å². The summed E-state index contributed by atoms with van der Waals surface area (Å²) >= 11 is 0. The number of hydrogen-bond donors (Lipinski definition) is 0. The number of imidazole rings is 1. The van der Waals surface area contributed by atoms with Gasteiger partial charge in [-0.05, 0) is 47.1 Å². The number of pyridine rings is 1. The van der Waals surface area contributed by atoms with E-state index in [9.17, 15) is 0 Å². The van der Waals surface area contributed by atoms with Crippen molar-refractivity contribution in [3.63, 3.8) is 0 Å². The van der Waals surface area contributed by atoms with Crippen LogP contribution in [0.1, 0.15) is 26.3 Å². The van der Waals surface area contributed by atoms with E-state index in [1.165, 1.54) is 0 Å². The molecule has 0 unspecified atom stereocenters. The molecule has 6 aromatic rings. The first-order valence-electron chi connectivity index (χ1n) is 13.3. The largest absolute Gasteiger partial charge is 0.503 e. The van der Waals surface area contributed by atoms with Crippen molar-refractivity contribution in [2.24, 2.45) is 0 Å². The summed E-state index contributed by atoms with van der Waals surface area (Å²) in [5.74, 6) is 2.17. The number of rotatable bonds is 4. The normalized spacial score (nSPS) is 12.2. The Balaban J connectivity index is 0.00000302. The van der Waals surface area contributed by atoms with Crippen molar-refractivity contribution < 1.29 is 25.8 Å². The van der Waals surface area contributed by atoms with Crippen LogP contribution >= 0.6 is 0 Å². The van der Waals surface area contributed by atoms with Gasteiger partial charge < -0.3 is 24.2 Å². The minimum Gasteiger partial charge on any atom is -0.503 e. The Hall–Kier alpha value is -4.34. The van der Waals surface area contributed by atoms with E-state index in [1.807, 2.05) is 48.5 Å². The molecular formula is C35H27N4OPt-3. The summed E-state index contributed by atoms with van der Waals surface area (Å²) in [5, 5.41) is 0. The molecule has 0 amide bonds. The molecule has 0 N–H and O–H groups in total. The minimum atomic E-state index is -0.107. The number of aromatic nitrogens is 3. The van der Waals surface area contributed by atoms with Crippen LogP contribution in [0.4, 0.5) is 11.4 Å². The number of hydrogen-bond acceptors (Lipinski definition) is 4. The standard InChI is InChI=1S/C35H27N4O.Pt/c1-35(2,3)25-20-26(22-28(21-25)40-27-12-10-11-24(19-27)30-14-8-9-18-36-30)38-23-39-33-17-7-5-15-31(33)37-34(39)29-13-4-6-16-32(29)38;/h4-18,20-21,23H,1-3H3;/q-3;. The van der Waals surface area contributed by atoms with Crippen LogP contribution in [0.25, 0.3) is 33.7 Å². The molecule has 0 spiro atoms. The van der Waals surface area contributed by atoms with Crippen molar-refractivity contribution in [2.45, 2.75) is 26.2 Å². The zero-order chi connectivity index (χ0) is 27.3. The average Bonchev–Trinajstić information content (AvgIpc) is 3.36. The molecular weight excluding hydrogens is 687 g/mol. The summed E-state index contributed by atoms with van der Waals surface area (Å²) in [7, 11) is 0. The number of fused-ring (bicyclic) bond motifs is 5. The summed E-state index contributed by atoms with van der Waals surface area (Å²) in [4.78, 5) is 11.6. The third kappa shape index (κ3) is 5.03. The fourth-order valence-corrected chi connectivity index (χ4v) is 5.04. The molecule has 0 fully saturated rings. The van der Waals surface area contributed by atoms with Gasteiger partial charge in [0.25, 0.3) is 0 Å². The molecule has 6 heteroatoms. The van der Waals surface area contributed by atoms with Crippen LogP contribution in [-0.4, -0.2) is 14.5 Å². The number of anilines is 2. The molecule has 2 aromatic heterocycles. The van der Waals surface area contributed by atoms with E-state index in [2.05, 4.69) is 103 Å². The maximum Gasteiger partial charge on any atom is 0.0421 e. The molecule has 41 heavy (non-hydrogen) atoms. The monoisotopic (exact) mass is 714 g/mol. The smallest absolute Gasteiger partial charge is 0.0421 e. The number of ether oxygens (including phenoxy) is 1. The van der Waals surface area contributed by atoms with Gasteiger partial charge in [0.15, 0.2) is 0 Å². The van der Waals surface area contributed by atoms with E-state index in [-0.39, 0.29) is 26.5 Å². The zero-order valence-electron chi connectivity index (χ0n) is 22.9. The van der Waals surface area contributed by atoms with E-state index < -0.39 is 0 Å². The summed E-state index contributed by atoms with van der Waals surface area (Å²) in [6.45, 7) is 8.72. The molecule has 0 saturated carbocycles. The van der Waals surface area contributed by atoms with E-state index in [4.69, 9.17) is 9.72 Å². The Morgan fingerprint density at radius 3 is 2.44 bits per heavy atom. The summed E-state index contributed by atoms with van der Waals surface area (Å²) < 4.78 is 8.57. The molecule has 0 bridgehead atoms. The Bertz CT molecular complexity index is 1860. The van der Waals surface area contributed by atoms with E-state index in [1.54, 1.807) is 6.20 Å². The molecule has 5 nitrogen and oxygen atoms in total. The molecule has 0 saturated heterocycles. The first-order valence-corrected chi connectivity index (χ1v) is 13.3. The van der Waals surface area contributed by atoms with Crippen molar-refractivity contribution in [1.29, 1.82) is 0 Å². The third-order valence-electron chi connectivity index (χ3n) is 7.12. The SMILES string of the molecule is CC(C)(C)c1cc(Oc2[c-]c(-c3ccccn3)ccc2)[c-]c(N2[CH-]n3c(nc4ccccc43)-c3ccccc32)c1.[Pt]. The van der Waals surface area contributed by atoms with Crippen LogP contribution in [0.3, 0.4) is 0 Å². The van der Waals surface area contributed by atoms with E-state index in [0.29, 0.717) is 11.5 Å². The van der Waals surface area contributed by atoms with Gasteiger partial charge in [0.1, 0.15) is 0 Å². The maximum absolute atomic E-state index is 6.42. The number of para-hydroxylation sites is 3. The third-order valence-corrected chi connectivity index (χ3v) is 7.12. The van der Waals surface area contributed by atoms with Gasteiger partial charge in [0, 0.05) is 55.8 Å². The van der Waals surface area contributed by atoms with E-state index in [0.717, 1.165) is 50.6 Å². The summed E-state index contributed by atoms with van der Waals surface area (Å²) in [6, 6.07) is 39.5. The predicted octanol–water partition coefficient (Wildman–Crippen LogP) is 8.57. The van der Waals surface area contributed by atoms with Crippen LogP contribution in [0, 0.1) is 18.8 Å². The fourth-order valence-electron chi connectivity index (χ4n) is 5.04. The van der Waals surface area contributed by atoms with Crippen molar-refractivity contribution in [3.8, 4) is 34.1 Å². The van der Waals surface area contributed by atoms with Gasteiger partial charge in [0.05, 0.1) is 0 Å². The van der Waals surface area contributed by atoms with Crippen molar-refractivity contribution in [2.75, 3.05) is 4.90 Å². The zero-order valence-corrected chi connectivity index (χ0v) is 25.2. The quantitative estimate of drug-likeness (QED) is 0.172. The first-order chi connectivity index (χ1) is 19.4. The van der Waals surface area contributed by atoms with Crippen LogP contribution < -0.4 is 9.64 Å². The minimum absolute atomic E-state index is 0. The van der Waals surface area contributed by atoms with Gasteiger partial charge in [-0.25, -0.2) is 0 Å². The summed E-state index contributed by atoms with van der Waals surface area (Å²) in [6.07, 6.45) is 1.78. The molecule has 7 rings (SSSR count). The van der Waals surface area contributed by atoms with E-state index >= 15 is 0 Å². The van der Waals surface area contributed by atoms with Gasteiger partial charge in [-0.3, -0.25) is 0 Å². The second-order valence-corrected chi connectivity index (χ2v) is 10.9. The number of nitrogens with zero attached hydrogens (tertiary/aromatic N) is 4. The fraction of sp³-hybridized carbons (Fsp3) is 0.114. The Kier molecular flexibility index (Phi) is 6.92. The molecule has 0 radical (unpaired) electrons. The van der Waals surface area contributed by atoms with Gasteiger partial charge in [-0.15, -0.1) is 47.5 Å². The maximum atomic E-state index is 6.42. The van der Waals surface area contributed by atoms with Crippen LogP contribution in [-0.2, 0) is 26.5 Å². The van der Waals surface area contributed by atoms with Gasteiger partial charge in [-0.2, -0.15) is 0 Å².